The number of anilines is 1. The van der Waals surface area contributed by atoms with E-state index in [-0.39, 0.29) is 18.5 Å². The Bertz CT molecular complexity index is 982. The van der Waals surface area contributed by atoms with Crippen molar-refractivity contribution < 1.29 is 14.7 Å². The topological polar surface area (TPSA) is 86.9 Å². The van der Waals surface area contributed by atoms with Crippen LogP contribution in [0.25, 0.3) is 16.2 Å². The third kappa shape index (κ3) is 3.40. The first-order chi connectivity index (χ1) is 13.0. The van der Waals surface area contributed by atoms with Crippen LogP contribution in [-0.2, 0) is 4.79 Å². The van der Waals surface area contributed by atoms with Crippen molar-refractivity contribution in [2.45, 2.75) is 13.3 Å². The van der Waals surface area contributed by atoms with E-state index in [2.05, 4.69) is 10.3 Å². The van der Waals surface area contributed by atoms with Crippen LogP contribution in [0.5, 0.6) is 0 Å². The summed E-state index contributed by atoms with van der Waals surface area (Å²) < 4.78 is 1.84. The molecule has 1 aliphatic heterocycles. The van der Waals surface area contributed by atoms with E-state index < -0.39 is 11.9 Å². The Kier molecular flexibility index (Phi) is 4.57. The van der Waals surface area contributed by atoms with Crippen molar-refractivity contribution in [2.24, 2.45) is 11.8 Å². The van der Waals surface area contributed by atoms with E-state index in [4.69, 9.17) is 0 Å². The van der Waals surface area contributed by atoms with Crippen LogP contribution >= 0.6 is 11.3 Å². The van der Waals surface area contributed by atoms with E-state index in [0.717, 1.165) is 10.5 Å². The Morgan fingerprint density at radius 3 is 2.85 bits per heavy atom. The van der Waals surface area contributed by atoms with Crippen LogP contribution in [0.15, 0.2) is 41.9 Å². The minimum absolute atomic E-state index is 0.143. The lowest BCUT2D eigenvalue weighted by molar-refractivity contribution is -0.143. The summed E-state index contributed by atoms with van der Waals surface area (Å²) in [6.45, 7) is 2.73. The van der Waals surface area contributed by atoms with Crippen molar-refractivity contribution >= 4 is 34.8 Å². The van der Waals surface area contributed by atoms with Gasteiger partial charge in [-0.05, 0) is 35.9 Å². The Balaban J connectivity index is 1.66. The zero-order valence-corrected chi connectivity index (χ0v) is 15.6. The van der Waals surface area contributed by atoms with E-state index in [0.29, 0.717) is 24.5 Å². The van der Waals surface area contributed by atoms with Crippen LogP contribution in [-0.4, -0.2) is 44.5 Å². The summed E-state index contributed by atoms with van der Waals surface area (Å²) in [6.07, 6.45) is 2.45. The highest BCUT2D eigenvalue weighted by Crippen LogP contribution is 2.32. The Hall–Kier alpha value is -2.87. The number of aromatic nitrogens is 2. The zero-order chi connectivity index (χ0) is 19.0. The second-order valence-electron chi connectivity index (χ2n) is 6.93. The number of hydrogen-bond acceptors (Lipinski definition) is 4. The van der Waals surface area contributed by atoms with Crippen molar-refractivity contribution in [2.75, 3.05) is 18.4 Å². The van der Waals surface area contributed by atoms with Crippen molar-refractivity contribution in [3.05, 3.63) is 41.9 Å². The number of thiophene rings is 1. The molecule has 0 saturated carbocycles. The van der Waals surface area contributed by atoms with Gasteiger partial charge in [-0.3, -0.25) is 14.5 Å². The van der Waals surface area contributed by atoms with Crippen molar-refractivity contribution in [1.29, 1.82) is 0 Å². The van der Waals surface area contributed by atoms with E-state index >= 15 is 0 Å². The van der Waals surface area contributed by atoms with Gasteiger partial charge in [0.05, 0.1) is 10.8 Å². The SMILES string of the molecule is CC1CC(C(=O)O)CN(C(=O)Nc2c(-c3cccs3)nc3ccccn23)C1. The van der Waals surface area contributed by atoms with Crippen LogP contribution < -0.4 is 5.32 Å². The van der Waals surface area contributed by atoms with E-state index in [1.807, 2.05) is 53.2 Å². The highest BCUT2D eigenvalue weighted by atomic mass is 32.1. The fourth-order valence-corrected chi connectivity index (χ4v) is 4.29. The molecule has 2 N–H and O–H groups in total. The molecule has 3 aromatic rings. The number of urea groups is 1. The molecule has 4 rings (SSSR count). The van der Waals surface area contributed by atoms with Gasteiger partial charge in [0.25, 0.3) is 0 Å². The number of carbonyl (C=O) groups excluding carboxylic acids is 1. The quantitative estimate of drug-likeness (QED) is 0.722. The number of nitrogens with one attached hydrogen (secondary N) is 1. The molecule has 4 heterocycles. The average molecular weight is 384 g/mol. The molecule has 0 bridgehead atoms. The fourth-order valence-electron chi connectivity index (χ4n) is 3.58. The maximum absolute atomic E-state index is 12.9. The summed E-state index contributed by atoms with van der Waals surface area (Å²) in [5, 5.41) is 14.3. The number of piperidine rings is 1. The first-order valence-electron chi connectivity index (χ1n) is 8.82. The number of fused-ring (bicyclic) bond motifs is 1. The number of pyridine rings is 1. The molecule has 0 aliphatic carbocycles. The number of hydrogen-bond donors (Lipinski definition) is 2. The molecule has 27 heavy (non-hydrogen) atoms. The van der Waals surface area contributed by atoms with Gasteiger partial charge in [-0.2, -0.15) is 0 Å². The van der Waals surface area contributed by atoms with Crippen LogP contribution in [0, 0.1) is 11.8 Å². The molecule has 0 radical (unpaired) electrons. The normalized spacial score (nSPS) is 20.0. The maximum Gasteiger partial charge on any atom is 0.323 e. The Morgan fingerprint density at radius 1 is 1.26 bits per heavy atom. The van der Waals surface area contributed by atoms with Crippen molar-refractivity contribution in [3.8, 4) is 10.6 Å². The van der Waals surface area contributed by atoms with Crippen molar-refractivity contribution in [3.63, 3.8) is 0 Å². The summed E-state index contributed by atoms with van der Waals surface area (Å²) in [4.78, 5) is 31.5. The molecule has 2 amide bonds. The number of carboxylic acids is 1. The predicted octanol–water partition coefficient (Wildman–Crippen LogP) is 3.64. The van der Waals surface area contributed by atoms with E-state index in [9.17, 15) is 14.7 Å². The van der Waals surface area contributed by atoms with Gasteiger partial charge < -0.3 is 10.0 Å². The van der Waals surface area contributed by atoms with Crippen molar-refractivity contribution in [1.82, 2.24) is 14.3 Å². The molecule has 7 nitrogen and oxygen atoms in total. The van der Waals surface area contributed by atoms with Gasteiger partial charge in [-0.15, -0.1) is 11.3 Å². The summed E-state index contributed by atoms with van der Waals surface area (Å²) in [6, 6.07) is 9.28. The maximum atomic E-state index is 12.9. The third-order valence-electron chi connectivity index (χ3n) is 4.81. The number of rotatable bonds is 3. The molecule has 2 unspecified atom stereocenters. The minimum Gasteiger partial charge on any atom is -0.481 e. The third-order valence-corrected chi connectivity index (χ3v) is 5.68. The molecule has 1 aliphatic rings. The largest absolute Gasteiger partial charge is 0.481 e. The lowest BCUT2D eigenvalue weighted by atomic mass is 9.91. The lowest BCUT2D eigenvalue weighted by Crippen LogP contribution is -2.47. The van der Waals surface area contributed by atoms with Crippen LogP contribution in [0.3, 0.4) is 0 Å². The van der Waals surface area contributed by atoms with E-state index in [1.54, 1.807) is 16.2 Å². The smallest absolute Gasteiger partial charge is 0.323 e. The lowest BCUT2D eigenvalue weighted by Gasteiger charge is -2.34. The number of imidazole rings is 1. The summed E-state index contributed by atoms with van der Waals surface area (Å²) in [5.74, 6) is -0.639. The molecule has 0 spiro atoms. The second-order valence-corrected chi connectivity index (χ2v) is 7.87. The first kappa shape index (κ1) is 17.5. The van der Waals surface area contributed by atoms with Gasteiger partial charge in [0, 0.05) is 19.3 Å². The van der Waals surface area contributed by atoms with Crippen LogP contribution in [0.4, 0.5) is 10.6 Å². The molecule has 3 aromatic heterocycles. The summed E-state index contributed by atoms with van der Waals surface area (Å²) in [7, 11) is 0. The number of likely N-dealkylation sites (tertiary alicyclic amines) is 1. The predicted molar refractivity (Wildman–Crippen MR) is 104 cm³/mol. The number of carbonyl (C=O) groups is 2. The van der Waals surface area contributed by atoms with Gasteiger partial charge in [-0.1, -0.05) is 19.1 Å². The molecular weight excluding hydrogens is 364 g/mol. The number of carboxylic acid groups (broad SMARTS) is 1. The molecule has 2 atom stereocenters. The van der Waals surface area contributed by atoms with Crippen LogP contribution in [0.2, 0.25) is 0 Å². The monoisotopic (exact) mass is 384 g/mol. The second kappa shape index (κ2) is 7.03. The van der Waals surface area contributed by atoms with E-state index in [1.165, 1.54) is 0 Å². The fraction of sp³-hybridized carbons (Fsp3) is 0.316. The first-order valence-corrected chi connectivity index (χ1v) is 9.70. The summed E-state index contributed by atoms with van der Waals surface area (Å²) in [5.41, 5.74) is 1.45. The number of nitrogens with zero attached hydrogens (tertiary/aromatic N) is 3. The minimum atomic E-state index is -0.853. The molecule has 8 heteroatoms. The number of amides is 2. The van der Waals surface area contributed by atoms with Gasteiger partial charge in [0.2, 0.25) is 0 Å². The molecular formula is C19H20N4O3S. The van der Waals surface area contributed by atoms with Gasteiger partial charge in [-0.25, -0.2) is 9.78 Å². The molecule has 1 fully saturated rings. The highest BCUT2D eigenvalue weighted by molar-refractivity contribution is 7.13. The van der Waals surface area contributed by atoms with Gasteiger partial charge >= 0.3 is 12.0 Å². The highest BCUT2D eigenvalue weighted by Gasteiger charge is 2.32. The average Bonchev–Trinajstić information content (AvgIpc) is 3.29. The molecule has 140 valence electrons. The molecule has 0 aromatic carbocycles. The Labute approximate surface area is 160 Å². The van der Waals surface area contributed by atoms with Crippen LogP contribution in [0.1, 0.15) is 13.3 Å². The zero-order valence-electron chi connectivity index (χ0n) is 14.8. The molecule has 1 saturated heterocycles. The van der Waals surface area contributed by atoms with Gasteiger partial charge in [0.1, 0.15) is 17.2 Å². The number of aliphatic carboxylic acids is 1. The Morgan fingerprint density at radius 2 is 2.11 bits per heavy atom. The standard InChI is InChI=1S/C19H20N4O3S/c1-12-9-13(18(24)25)11-22(10-12)19(26)21-17-16(14-5-4-8-27-14)20-15-6-2-3-7-23(15)17/h2-8,12-13H,9-11H2,1H3,(H,21,26)(H,24,25). The summed E-state index contributed by atoms with van der Waals surface area (Å²) >= 11 is 1.55. The van der Waals surface area contributed by atoms with Gasteiger partial charge in [0.15, 0.2) is 0 Å².